The Kier molecular flexibility index (Phi) is 4.84. The number of nitrogens with one attached hydrogen (secondary N) is 1. The molecule has 1 fully saturated rings. The van der Waals surface area contributed by atoms with Gasteiger partial charge in [-0.3, -0.25) is 4.90 Å². The maximum Gasteiger partial charge on any atom is 0.389 e. The summed E-state index contributed by atoms with van der Waals surface area (Å²) in [5, 5.41) is 3.31. The number of piperazine rings is 1. The third kappa shape index (κ3) is 5.25. The van der Waals surface area contributed by atoms with Crippen molar-refractivity contribution in [2.75, 3.05) is 26.2 Å². The Bertz CT molecular complexity index is 233. The summed E-state index contributed by atoms with van der Waals surface area (Å²) in [6, 6.07) is 0.324. The molecule has 1 aliphatic heterocycles. The maximum absolute atomic E-state index is 12.1. The number of rotatable bonds is 3. The van der Waals surface area contributed by atoms with Crippen molar-refractivity contribution < 1.29 is 13.2 Å². The van der Waals surface area contributed by atoms with E-state index in [1.54, 1.807) is 0 Å². The van der Waals surface area contributed by atoms with Crippen LogP contribution in [0.2, 0.25) is 0 Å². The van der Waals surface area contributed by atoms with Crippen LogP contribution in [0.1, 0.15) is 33.6 Å². The minimum absolute atomic E-state index is 0.103. The van der Waals surface area contributed by atoms with E-state index in [-0.39, 0.29) is 11.8 Å². The van der Waals surface area contributed by atoms with Gasteiger partial charge in [-0.2, -0.15) is 13.2 Å². The molecule has 0 aromatic heterocycles. The minimum atomic E-state index is -4.02. The van der Waals surface area contributed by atoms with Crippen LogP contribution in [0.15, 0.2) is 0 Å². The number of hydrogen-bond acceptors (Lipinski definition) is 2. The van der Waals surface area contributed by atoms with E-state index in [1.807, 2.05) is 0 Å². The zero-order chi connectivity index (χ0) is 13.1. The second-order valence-corrected chi connectivity index (χ2v) is 5.84. The van der Waals surface area contributed by atoms with E-state index in [0.717, 1.165) is 19.6 Å². The van der Waals surface area contributed by atoms with Crippen molar-refractivity contribution in [2.45, 2.75) is 45.8 Å². The molecule has 0 spiro atoms. The molecular weight excluding hydrogens is 229 g/mol. The highest BCUT2D eigenvalue weighted by molar-refractivity contribution is 4.88. The van der Waals surface area contributed by atoms with Crippen molar-refractivity contribution in [2.24, 2.45) is 5.41 Å². The second-order valence-electron chi connectivity index (χ2n) is 5.84. The molecule has 1 rings (SSSR count). The van der Waals surface area contributed by atoms with Crippen LogP contribution in [0.4, 0.5) is 13.2 Å². The van der Waals surface area contributed by atoms with Crippen molar-refractivity contribution in [3.63, 3.8) is 0 Å². The fourth-order valence-electron chi connectivity index (χ4n) is 2.35. The normalized spacial score (nSPS) is 24.0. The molecule has 0 aliphatic carbocycles. The van der Waals surface area contributed by atoms with E-state index in [0.29, 0.717) is 12.6 Å². The van der Waals surface area contributed by atoms with E-state index >= 15 is 0 Å². The van der Waals surface area contributed by atoms with Gasteiger partial charge >= 0.3 is 6.18 Å². The van der Waals surface area contributed by atoms with Crippen LogP contribution in [-0.2, 0) is 0 Å². The van der Waals surface area contributed by atoms with Gasteiger partial charge < -0.3 is 5.32 Å². The SMILES string of the molecule is CC(C)(C)C1CNCCN1CCCC(F)(F)F. The summed E-state index contributed by atoms with van der Waals surface area (Å²) in [6.07, 6.45) is -4.49. The van der Waals surface area contributed by atoms with Gasteiger partial charge in [0.25, 0.3) is 0 Å². The van der Waals surface area contributed by atoms with Crippen LogP contribution >= 0.6 is 0 Å². The Labute approximate surface area is 102 Å². The predicted molar refractivity (Wildman–Crippen MR) is 63.0 cm³/mol. The largest absolute Gasteiger partial charge is 0.389 e. The molecule has 102 valence electrons. The van der Waals surface area contributed by atoms with E-state index in [2.05, 4.69) is 31.0 Å². The average Bonchev–Trinajstić information content (AvgIpc) is 2.15. The smallest absolute Gasteiger partial charge is 0.314 e. The molecule has 1 atom stereocenters. The summed E-state index contributed by atoms with van der Waals surface area (Å²) in [4.78, 5) is 2.20. The first kappa shape index (κ1) is 14.8. The van der Waals surface area contributed by atoms with Gasteiger partial charge in [0, 0.05) is 32.1 Å². The molecular formula is C12H23F3N2. The average molecular weight is 252 g/mol. The van der Waals surface area contributed by atoms with Gasteiger partial charge in [-0.05, 0) is 18.4 Å². The number of nitrogens with zero attached hydrogens (tertiary/aromatic N) is 1. The zero-order valence-corrected chi connectivity index (χ0v) is 10.9. The molecule has 1 heterocycles. The number of hydrogen-bond donors (Lipinski definition) is 1. The van der Waals surface area contributed by atoms with E-state index < -0.39 is 12.6 Å². The third-order valence-electron chi connectivity index (χ3n) is 3.26. The van der Waals surface area contributed by atoms with Gasteiger partial charge in [0.1, 0.15) is 0 Å². The molecule has 0 aromatic rings. The van der Waals surface area contributed by atoms with Gasteiger partial charge in [-0.15, -0.1) is 0 Å². The summed E-state index contributed by atoms with van der Waals surface area (Å²) in [7, 11) is 0. The Morgan fingerprint density at radius 2 is 1.88 bits per heavy atom. The number of alkyl halides is 3. The molecule has 0 radical (unpaired) electrons. The lowest BCUT2D eigenvalue weighted by atomic mass is 9.84. The molecule has 0 bridgehead atoms. The van der Waals surface area contributed by atoms with E-state index in [1.165, 1.54) is 0 Å². The molecule has 0 aromatic carbocycles. The van der Waals surface area contributed by atoms with Crippen LogP contribution in [0, 0.1) is 5.41 Å². The van der Waals surface area contributed by atoms with Crippen LogP contribution in [0.3, 0.4) is 0 Å². The van der Waals surface area contributed by atoms with E-state index in [4.69, 9.17) is 0 Å². The fraction of sp³-hybridized carbons (Fsp3) is 1.00. The van der Waals surface area contributed by atoms with Crippen LogP contribution in [0.5, 0.6) is 0 Å². The molecule has 0 amide bonds. The highest BCUT2D eigenvalue weighted by atomic mass is 19.4. The summed E-state index contributed by atoms with van der Waals surface area (Å²) in [5.74, 6) is 0. The molecule has 5 heteroatoms. The monoisotopic (exact) mass is 252 g/mol. The second kappa shape index (κ2) is 5.57. The first-order chi connectivity index (χ1) is 7.70. The molecule has 1 saturated heterocycles. The summed E-state index contributed by atoms with van der Waals surface area (Å²) in [6.45, 7) is 9.56. The third-order valence-corrected chi connectivity index (χ3v) is 3.26. The molecule has 1 N–H and O–H groups in total. The fourth-order valence-corrected chi connectivity index (χ4v) is 2.35. The maximum atomic E-state index is 12.1. The van der Waals surface area contributed by atoms with Crippen molar-refractivity contribution >= 4 is 0 Å². The predicted octanol–water partition coefficient (Wildman–Crippen LogP) is 2.65. The van der Waals surface area contributed by atoms with Crippen molar-refractivity contribution in [3.8, 4) is 0 Å². The summed E-state index contributed by atoms with van der Waals surface area (Å²) in [5.41, 5.74) is 0.103. The van der Waals surface area contributed by atoms with Gasteiger partial charge in [-0.25, -0.2) is 0 Å². The Morgan fingerprint density at radius 1 is 1.24 bits per heavy atom. The van der Waals surface area contributed by atoms with E-state index in [9.17, 15) is 13.2 Å². The lowest BCUT2D eigenvalue weighted by Crippen LogP contribution is -2.56. The van der Waals surface area contributed by atoms with Crippen molar-refractivity contribution in [1.82, 2.24) is 10.2 Å². The first-order valence-corrected chi connectivity index (χ1v) is 6.22. The molecule has 17 heavy (non-hydrogen) atoms. The lowest BCUT2D eigenvalue weighted by Gasteiger charge is -2.43. The number of halogens is 3. The lowest BCUT2D eigenvalue weighted by molar-refractivity contribution is -0.136. The van der Waals surface area contributed by atoms with Crippen LogP contribution < -0.4 is 5.32 Å². The first-order valence-electron chi connectivity index (χ1n) is 6.22. The Balaban J connectivity index is 2.44. The zero-order valence-electron chi connectivity index (χ0n) is 10.9. The van der Waals surface area contributed by atoms with Gasteiger partial charge in [0.05, 0.1) is 0 Å². The van der Waals surface area contributed by atoms with Gasteiger partial charge in [-0.1, -0.05) is 20.8 Å². The standard InChI is InChI=1S/C12H23F3N2/c1-11(2,3)10-9-16-6-8-17(10)7-4-5-12(13,14)15/h10,16H,4-9H2,1-3H3. The summed E-state index contributed by atoms with van der Waals surface area (Å²) >= 11 is 0. The minimum Gasteiger partial charge on any atom is -0.314 e. The van der Waals surface area contributed by atoms with Crippen LogP contribution in [-0.4, -0.2) is 43.3 Å². The molecule has 1 aliphatic rings. The van der Waals surface area contributed by atoms with Crippen molar-refractivity contribution in [1.29, 1.82) is 0 Å². The molecule has 2 nitrogen and oxygen atoms in total. The Hall–Kier alpha value is -0.290. The Morgan fingerprint density at radius 3 is 2.41 bits per heavy atom. The van der Waals surface area contributed by atoms with Crippen LogP contribution in [0.25, 0.3) is 0 Å². The van der Waals surface area contributed by atoms with Crippen molar-refractivity contribution in [3.05, 3.63) is 0 Å². The van der Waals surface area contributed by atoms with Gasteiger partial charge in [0.15, 0.2) is 0 Å². The summed E-state index contributed by atoms with van der Waals surface area (Å²) < 4.78 is 36.3. The molecule has 0 saturated carbocycles. The highest BCUT2D eigenvalue weighted by Crippen LogP contribution is 2.27. The topological polar surface area (TPSA) is 15.3 Å². The quantitative estimate of drug-likeness (QED) is 0.830. The molecule has 1 unspecified atom stereocenters. The van der Waals surface area contributed by atoms with Gasteiger partial charge in [0.2, 0.25) is 0 Å². The highest BCUT2D eigenvalue weighted by Gasteiger charge is 2.33.